The van der Waals surface area contributed by atoms with Crippen molar-refractivity contribution < 1.29 is 13.9 Å². The highest BCUT2D eigenvalue weighted by Gasteiger charge is 2.14. The number of halogens is 1. The Morgan fingerprint density at radius 3 is 2.84 bits per heavy atom. The van der Waals surface area contributed by atoms with Gasteiger partial charge in [-0.15, -0.1) is 0 Å². The van der Waals surface area contributed by atoms with Crippen molar-refractivity contribution in [2.45, 2.75) is 9.92 Å². The Balaban J connectivity index is 1.89. The van der Waals surface area contributed by atoms with Crippen LogP contribution in [0.3, 0.4) is 0 Å². The number of aromatic nitrogens is 2. The molecule has 1 aromatic heterocycles. The largest absolute Gasteiger partial charge is 0.486 e. The summed E-state index contributed by atoms with van der Waals surface area (Å²) in [6.45, 7) is 1.05. The molecule has 19 heavy (non-hydrogen) atoms. The standard InChI is InChI=1S/C12H10FN3O2S/c13-8-6-15-12(14)16-11(8)19-7-1-2-9-10(5-7)18-4-3-17-9/h1-2,5-6H,3-4H2,(H2,14,15,16). The summed E-state index contributed by atoms with van der Waals surface area (Å²) in [4.78, 5) is 8.24. The van der Waals surface area contributed by atoms with Crippen molar-refractivity contribution in [2.75, 3.05) is 18.9 Å². The van der Waals surface area contributed by atoms with Crippen LogP contribution in [0.15, 0.2) is 34.3 Å². The Hall–Kier alpha value is -2.02. The van der Waals surface area contributed by atoms with Gasteiger partial charge in [-0.1, -0.05) is 11.8 Å². The number of hydrogen-bond donors (Lipinski definition) is 1. The maximum atomic E-state index is 13.5. The number of ether oxygens (including phenoxy) is 2. The second-order valence-electron chi connectivity index (χ2n) is 3.79. The quantitative estimate of drug-likeness (QED) is 0.849. The first-order chi connectivity index (χ1) is 9.22. The molecule has 0 amide bonds. The number of benzene rings is 1. The summed E-state index contributed by atoms with van der Waals surface area (Å²) >= 11 is 1.16. The predicted molar refractivity (Wildman–Crippen MR) is 68.0 cm³/mol. The number of anilines is 1. The van der Waals surface area contributed by atoms with Gasteiger partial charge in [0.2, 0.25) is 5.95 Å². The lowest BCUT2D eigenvalue weighted by atomic mass is 10.3. The Morgan fingerprint density at radius 2 is 2.00 bits per heavy atom. The zero-order valence-electron chi connectivity index (χ0n) is 9.80. The van der Waals surface area contributed by atoms with Gasteiger partial charge in [-0.2, -0.15) is 0 Å². The molecule has 2 heterocycles. The fourth-order valence-corrected chi connectivity index (χ4v) is 2.45. The second kappa shape index (κ2) is 4.93. The molecule has 0 spiro atoms. The van der Waals surface area contributed by atoms with Crippen molar-refractivity contribution in [3.8, 4) is 11.5 Å². The topological polar surface area (TPSA) is 70.3 Å². The number of nitrogens with zero attached hydrogens (tertiary/aromatic N) is 2. The molecule has 2 aromatic rings. The van der Waals surface area contributed by atoms with E-state index in [-0.39, 0.29) is 11.0 Å². The number of fused-ring (bicyclic) bond motifs is 1. The lowest BCUT2D eigenvalue weighted by Gasteiger charge is -2.18. The summed E-state index contributed by atoms with van der Waals surface area (Å²) in [6.07, 6.45) is 1.06. The predicted octanol–water partition coefficient (Wildman–Crippen LogP) is 2.12. The van der Waals surface area contributed by atoms with Crippen LogP contribution in [0.1, 0.15) is 0 Å². The van der Waals surface area contributed by atoms with Gasteiger partial charge in [-0.3, -0.25) is 0 Å². The second-order valence-corrected chi connectivity index (χ2v) is 4.85. The molecule has 0 saturated carbocycles. The highest BCUT2D eigenvalue weighted by molar-refractivity contribution is 7.99. The molecule has 1 aromatic carbocycles. The van der Waals surface area contributed by atoms with Gasteiger partial charge in [-0.25, -0.2) is 14.4 Å². The van der Waals surface area contributed by atoms with E-state index in [0.29, 0.717) is 24.7 Å². The van der Waals surface area contributed by atoms with Crippen LogP contribution in [0, 0.1) is 5.82 Å². The Kier molecular flexibility index (Phi) is 3.12. The minimum absolute atomic E-state index is 0.0430. The van der Waals surface area contributed by atoms with E-state index in [0.717, 1.165) is 22.9 Å². The van der Waals surface area contributed by atoms with Gasteiger partial charge in [0.1, 0.15) is 18.2 Å². The Bertz CT molecular complexity index is 624. The van der Waals surface area contributed by atoms with Crippen LogP contribution in [0.2, 0.25) is 0 Å². The molecule has 2 N–H and O–H groups in total. The van der Waals surface area contributed by atoms with Crippen molar-refractivity contribution in [2.24, 2.45) is 0 Å². The van der Waals surface area contributed by atoms with Crippen LogP contribution in [0.5, 0.6) is 11.5 Å². The van der Waals surface area contributed by atoms with Crippen molar-refractivity contribution in [3.63, 3.8) is 0 Å². The molecule has 0 radical (unpaired) electrons. The van der Waals surface area contributed by atoms with Crippen molar-refractivity contribution in [1.82, 2.24) is 9.97 Å². The third-order valence-corrected chi connectivity index (χ3v) is 3.43. The van der Waals surface area contributed by atoms with Crippen LogP contribution >= 0.6 is 11.8 Å². The van der Waals surface area contributed by atoms with Gasteiger partial charge in [0, 0.05) is 4.90 Å². The molecular weight excluding hydrogens is 269 g/mol. The van der Waals surface area contributed by atoms with Crippen molar-refractivity contribution >= 4 is 17.7 Å². The highest BCUT2D eigenvalue weighted by atomic mass is 32.2. The molecule has 1 aliphatic rings. The monoisotopic (exact) mass is 279 g/mol. The molecule has 0 fully saturated rings. The normalized spacial score (nSPS) is 13.3. The first kappa shape index (κ1) is 12.0. The van der Waals surface area contributed by atoms with Crippen molar-refractivity contribution in [1.29, 1.82) is 0 Å². The van der Waals surface area contributed by atoms with Gasteiger partial charge in [-0.05, 0) is 18.2 Å². The van der Waals surface area contributed by atoms with E-state index in [4.69, 9.17) is 15.2 Å². The number of nitrogen functional groups attached to an aromatic ring is 1. The zero-order valence-corrected chi connectivity index (χ0v) is 10.6. The van der Waals surface area contributed by atoms with Crippen LogP contribution in [0.25, 0.3) is 0 Å². The first-order valence-corrected chi connectivity index (χ1v) is 6.39. The molecule has 5 nitrogen and oxygen atoms in total. The maximum absolute atomic E-state index is 13.5. The summed E-state index contributed by atoms with van der Waals surface area (Å²) in [6, 6.07) is 5.39. The van der Waals surface area contributed by atoms with Crippen LogP contribution in [0.4, 0.5) is 10.3 Å². The molecule has 0 bridgehead atoms. The number of nitrogens with two attached hydrogens (primary N) is 1. The fourth-order valence-electron chi connectivity index (χ4n) is 1.63. The molecule has 0 saturated heterocycles. The van der Waals surface area contributed by atoms with E-state index in [1.165, 1.54) is 0 Å². The summed E-state index contributed by atoms with van der Waals surface area (Å²) in [5.41, 5.74) is 5.45. The average Bonchev–Trinajstić information content (AvgIpc) is 2.43. The van der Waals surface area contributed by atoms with Crippen LogP contribution < -0.4 is 15.2 Å². The van der Waals surface area contributed by atoms with Gasteiger partial charge >= 0.3 is 0 Å². The summed E-state index contributed by atoms with van der Waals surface area (Å²) in [5, 5.41) is 0.184. The SMILES string of the molecule is Nc1ncc(F)c(Sc2ccc3c(c2)OCCO3)n1. The van der Waals surface area contributed by atoms with Gasteiger partial charge in [0.15, 0.2) is 17.3 Å². The summed E-state index contributed by atoms with van der Waals surface area (Å²) in [5.74, 6) is 0.882. The van der Waals surface area contributed by atoms with Gasteiger partial charge < -0.3 is 15.2 Å². The molecular formula is C12H10FN3O2S. The molecule has 0 atom stereocenters. The first-order valence-electron chi connectivity index (χ1n) is 5.58. The Morgan fingerprint density at radius 1 is 1.21 bits per heavy atom. The minimum atomic E-state index is -0.505. The summed E-state index contributed by atoms with van der Waals surface area (Å²) in [7, 11) is 0. The number of rotatable bonds is 2. The zero-order chi connectivity index (χ0) is 13.2. The molecule has 0 aliphatic carbocycles. The van der Waals surface area contributed by atoms with Gasteiger partial charge in [0.05, 0.1) is 6.20 Å². The van der Waals surface area contributed by atoms with E-state index < -0.39 is 5.82 Å². The minimum Gasteiger partial charge on any atom is -0.486 e. The average molecular weight is 279 g/mol. The third-order valence-electron chi connectivity index (χ3n) is 2.46. The van der Waals surface area contributed by atoms with Gasteiger partial charge in [0.25, 0.3) is 0 Å². The number of hydrogen-bond acceptors (Lipinski definition) is 6. The molecule has 1 aliphatic heterocycles. The van der Waals surface area contributed by atoms with Crippen LogP contribution in [-0.2, 0) is 0 Å². The van der Waals surface area contributed by atoms with E-state index >= 15 is 0 Å². The molecule has 7 heteroatoms. The molecule has 3 rings (SSSR count). The van der Waals surface area contributed by atoms with E-state index in [1.807, 2.05) is 6.07 Å². The van der Waals surface area contributed by atoms with E-state index in [9.17, 15) is 4.39 Å². The fraction of sp³-hybridized carbons (Fsp3) is 0.167. The molecule has 98 valence electrons. The third kappa shape index (κ3) is 2.55. The lowest BCUT2D eigenvalue weighted by Crippen LogP contribution is -2.15. The maximum Gasteiger partial charge on any atom is 0.221 e. The van der Waals surface area contributed by atoms with E-state index in [2.05, 4.69) is 9.97 Å². The molecule has 0 unspecified atom stereocenters. The smallest absolute Gasteiger partial charge is 0.221 e. The van der Waals surface area contributed by atoms with Crippen LogP contribution in [-0.4, -0.2) is 23.2 Å². The summed E-state index contributed by atoms with van der Waals surface area (Å²) < 4.78 is 24.4. The lowest BCUT2D eigenvalue weighted by molar-refractivity contribution is 0.171. The van der Waals surface area contributed by atoms with E-state index in [1.54, 1.807) is 12.1 Å². The van der Waals surface area contributed by atoms with Crippen molar-refractivity contribution in [3.05, 3.63) is 30.2 Å². The Labute approximate surface area is 113 Å². The highest BCUT2D eigenvalue weighted by Crippen LogP contribution is 2.36.